The minimum absolute atomic E-state index is 0.0956. The van der Waals surface area contributed by atoms with Gasteiger partial charge in [0.2, 0.25) is 5.91 Å². The molecule has 0 spiro atoms. The Bertz CT molecular complexity index is 927. The fourth-order valence-electron chi connectivity index (χ4n) is 4.15. The number of likely N-dealkylation sites (tertiary alicyclic amines) is 1. The highest BCUT2D eigenvalue weighted by Gasteiger charge is 2.30. The Balaban J connectivity index is 1.34. The van der Waals surface area contributed by atoms with Gasteiger partial charge in [-0.05, 0) is 37.5 Å². The zero-order valence-electron chi connectivity index (χ0n) is 18.1. The van der Waals surface area contributed by atoms with Crippen LogP contribution >= 0.6 is 0 Å². The lowest BCUT2D eigenvalue weighted by molar-refractivity contribution is -0.131. The van der Waals surface area contributed by atoms with Crippen LogP contribution in [0, 0.1) is 6.92 Å². The summed E-state index contributed by atoms with van der Waals surface area (Å²) < 4.78 is 16.4. The van der Waals surface area contributed by atoms with Crippen molar-refractivity contribution in [3.05, 3.63) is 47.2 Å². The summed E-state index contributed by atoms with van der Waals surface area (Å²) in [5, 5.41) is 0. The van der Waals surface area contributed by atoms with Crippen LogP contribution in [0.1, 0.15) is 46.5 Å². The molecule has 2 saturated heterocycles. The van der Waals surface area contributed by atoms with Crippen molar-refractivity contribution in [2.24, 2.45) is 0 Å². The molecule has 2 aliphatic rings. The number of hydrogen-bond donors (Lipinski definition) is 0. The number of amides is 2. The van der Waals surface area contributed by atoms with Crippen LogP contribution in [-0.2, 0) is 16.0 Å². The average molecular weight is 428 g/mol. The lowest BCUT2D eigenvalue weighted by Crippen LogP contribution is -2.41. The van der Waals surface area contributed by atoms with E-state index in [2.05, 4.69) is 4.98 Å². The predicted molar refractivity (Wildman–Crippen MR) is 113 cm³/mol. The Kier molecular flexibility index (Phi) is 6.56. The van der Waals surface area contributed by atoms with Crippen molar-refractivity contribution in [2.45, 2.75) is 32.1 Å². The number of morpholine rings is 1. The first-order chi connectivity index (χ1) is 15.0. The van der Waals surface area contributed by atoms with E-state index in [-0.39, 0.29) is 17.7 Å². The largest absolute Gasteiger partial charge is 0.497 e. The minimum Gasteiger partial charge on any atom is -0.497 e. The third-order valence-electron chi connectivity index (χ3n) is 6.00. The van der Waals surface area contributed by atoms with Crippen molar-refractivity contribution >= 4 is 11.8 Å². The van der Waals surface area contributed by atoms with Crippen molar-refractivity contribution in [3.8, 4) is 5.75 Å². The molecular formula is C23H29N3O5. The number of ether oxygens (including phenoxy) is 2. The maximum atomic E-state index is 12.8. The number of hydrogen-bond acceptors (Lipinski definition) is 6. The summed E-state index contributed by atoms with van der Waals surface area (Å²) in [6.07, 6.45) is 1.90. The Labute approximate surface area is 182 Å². The van der Waals surface area contributed by atoms with Gasteiger partial charge in [-0.25, -0.2) is 4.98 Å². The molecule has 2 aliphatic heterocycles. The number of piperidine rings is 1. The number of nitrogens with zero attached hydrogens (tertiary/aromatic N) is 3. The molecular weight excluding hydrogens is 398 g/mol. The van der Waals surface area contributed by atoms with Crippen LogP contribution < -0.4 is 4.74 Å². The maximum absolute atomic E-state index is 12.8. The van der Waals surface area contributed by atoms with Crippen LogP contribution in [0.5, 0.6) is 5.75 Å². The van der Waals surface area contributed by atoms with Crippen LogP contribution in [0.4, 0.5) is 0 Å². The molecule has 8 nitrogen and oxygen atoms in total. The quantitative estimate of drug-likeness (QED) is 0.729. The topological polar surface area (TPSA) is 85.1 Å². The van der Waals surface area contributed by atoms with E-state index in [9.17, 15) is 9.59 Å². The van der Waals surface area contributed by atoms with Gasteiger partial charge >= 0.3 is 0 Å². The van der Waals surface area contributed by atoms with Gasteiger partial charge in [0, 0.05) is 32.1 Å². The molecule has 4 rings (SSSR count). The lowest BCUT2D eigenvalue weighted by Gasteiger charge is -2.30. The van der Waals surface area contributed by atoms with Crippen LogP contribution in [0.3, 0.4) is 0 Å². The van der Waals surface area contributed by atoms with Gasteiger partial charge in [0.05, 0.1) is 26.7 Å². The Morgan fingerprint density at radius 3 is 2.58 bits per heavy atom. The molecule has 1 aromatic carbocycles. The lowest BCUT2D eigenvalue weighted by atomic mass is 9.96. The first kappa shape index (κ1) is 21.4. The van der Waals surface area contributed by atoms with Gasteiger partial charge in [-0.15, -0.1) is 0 Å². The van der Waals surface area contributed by atoms with Crippen LogP contribution in [0.25, 0.3) is 0 Å². The second-order valence-corrected chi connectivity index (χ2v) is 8.04. The van der Waals surface area contributed by atoms with Gasteiger partial charge in [-0.3, -0.25) is 9.59 Å². The van der Waals surface area contributed by atoms with E-state index in [0.29, 0.717) is 63.2 Å². The van der Waals surface area contributed by atoms with Crippen LogP contribution in [-0.4, -0.2) is 73.1 Å². The maximum Gasteiger partial charge on any atom is 0.276 e. The zero-order valence-corrected chi connectivity index (χ0v) is 18.1. The van der Waals surface area contributed by atoms with E-state index < -0.39 is 0 Å². The number of aromatic nitrogens is 1. The molecule has 0 aliphatic carbocycles. The van der Waals surface area contributed by atoms with E-state index in [1.165, 1.54) is 0 Å². The van der Waals surface area contributed by atoms with Crippen molar-refractivity contribution in [2.75, 3.05) is 46.5 Å². The normalized spacial score (nSPS) is 17.6. The number of rotatable bonds is 5. The molecule has 0 N–H and O–H groups in total. The zero-order chi connectivity index (χ0) is 21.8. The molecule has 1 aromatic heterocycles. The Morgan fingerprint density at radius 1 is 1.13 bits per heavy atom. The summed E-state index contributed by atoms with van der Waals surface area (Å²) in [6, 6.07) is 7.60. The summed E-state index contributed by atoms with van der Waals surface area (Å²) in [5.74, 6) is 2.05. The Morgan fingerprint density at radius 2 is 1.87 bits per heavy atom. The minimum atomic E-state index is -0.0956. The number of aryl methyl sites for hydroxylation is 1. The molecule has 2 amide bonds. The van der Waals surface area contributed by atoms with Crippen molar-refractivity contribution in [1.82, 2.24) is 14.8 Å². The summed E-state index contributed by atoms with van der Waals surface area (Å²) in [7, 11) is 1.62. The van der Waals surface area contributed by atoms with Crippen molar-refractivity contribution < 1.29 is 23.5 Å². The van der Waals surface area contributed by atoms with Crippen molar-refractivity contribution in [3.63, 3.8) is 0 Å². The molecule has 0 saturated carbocycles. The Hall–Kier alpha value is -2.87. The molecule has 0 unspecified atom stereocenters. The van der Waals surface area contributed by atoms with E-state index in [1.807, 2.05) is 29.2 Å². The summed E-state index contributed by atoms with van der Waals surface area (Å²) >= 11 is 0. The van der Waals surface area contributed by atoms with Gasteiger partial charge in [0.15, 0.2) is 11.6 Å². The molecule has 31 heavy (non-hydrogen) atoms. The predicted octanol–water partition coefficient (Wildman–Crippen LogP) is 2.41. The van der Waals surface area contributed by atoms with Gasteiger partial charge in [-0.2, -0.15) is 0 Å². The average Bonchev–Trinajstić information content (AvgIpc) is 3.21. The monoisotopic (exact) mass is 427 g/mol. The number of carbonyl (C=O) groups is 2. The SMILES string of the molecule is COc1cccc(CC(=O)N2CCC(c3nc(C(=O)N4CCOCC4)c(C)o3)CC2)c1. The smallest absolute Gasteiger partial charge is 0.276 e. The van der Waals surface area contributed by atoms with Gasteiger partial charge in [0.25, 0.3) is 5.91 Å². The molecule has 0 radical (unpaired) electrons. The van der Waals surface area contributed by atoms with Crippen LogP contribution in [0.15, 0.2) is 28.7 Å². The highest BCUT2D eigenvalue weighted by molar-refractivity contribution is 5.93. The summed E-state index contributed by atoms with van der Waals surface area (Å²) in [6.45, 7) is 5.36. The van der Waals surface area contributed by atoms with E-state index in [0.717, 1.165) is 24.2 Å². The first-order valence-corrected chi connectivity index (χ1v) is 10.8. The van der Waals surface area contributed by atoms with Gasteiger partial charge in [-0.1, -0.05) is 12.1 Å². The highest BCUT2D eigenvalue weighted by atomic mass is 16.5. The summed E-state index contributed by atoms with van der Waals surface area (Å²) in [5.41, 5.74) is 1.34. The van der Waals surface area contributed by atoms with E-state index >= 15 is 0 Å². The number of carbonyl (C=O) groups excluding carboxylic acids is 2. The summed E-state index contributed by atoms with van der Waals surface area (Å²) in [4.78, 5) is 33.7. The first-order valence-electron chi connectivity index (χ1n) is 10.8. The van der Waals surface area contributed by atoms with E-state index in [4.69, 9.17) is 13.9 Å². The molecule has 0 atom stereocenters. The second kappa shape index (κ2) is 9.51. The number of benzene rings is 1. The third kappa shape index (κ3) is 4.90. The number of oxazole rings is 1. The van der Waals surface area contributed by atoms with E-state index in [1.54, 1.807) is 18.9 Å². The molecule has 2 aromatic rings. The molecule has 3 heterocycles. The van der Waals surface area contributed by atoms with Crippen molar-refractivity contribution in [1.29, 1.82) is 0 Å². The molecule has 0 bridgehead atoms. The molecule has 8 heteroatoms. The van der Waals surface area contributed by atoms with Gasteiger partial charge < -0.3 is 23.7 Å². The van der Waals surface area contributed by atoms with Gasteiger partial charge in [0.1, 0.15) is 11.5 Å². The molecule has 2 fully saturated rings. The highest BCUT2D eigenvalue weighted by Crippen LogP contribution is 2.29. The number of methoxy groups -OCH3 is 1. The second-order valence-electron chi connectivity index (χ2n) is 8.04. The third-order valence-corrected chi connectivity index (χ3v) is 6.00. The fourth-order valence-corrected chi connectivity index (χ4v) is 4.15. The fraction of sp³-hybridized carbons (Fsp3) is 0.522. The standard InChI is InChI=1S/C23H29N3O5/c1-16-21(23(28)26-10-12-30-13-11-26)24-22(31-16)18-6-8-25(9-7-18)20(27)15-17-4-3-5-19(14-17)29-2/h3-5,14,18H,6-13,15H2,1-2H3. The molecule has 166 valence electrons. The van der Waals surface area contributed by atoms with Crippen LogP contribution in [0.2, 0.25) is 0 Å².